The first-order valence-corrected chi connectivity index (χ1v) is 18.8. The van der Waals surface area contributed by atoms with Gasteiger partial charge in [0, 0.05) is 12.8 Å². The molecule has 6 nitrogen and oxygen atoms in total. The van der Waals surface area contributed by atoms with E-state index >= 15 is 0 Å². The van der Waals surface area contributed by atoms with Crippen LogP contribution in [0.2, 0.25) is 0 Å². The summed E-state index contributed by atoms with van der Waals surface area (Å²) in [5.74, 6) is -0.674. The van der Waals surface area contributed by atoms with Crippen molar-refractivity contribution in [2.24, 2.45) is 0 Å². The fourth-order valence-electron chi connectivity index (χ4n) is 5.00. The van der Waals surface area contributed by atoms with Gasteiger partial charge in [0.1, 0.15) is 6.61 Å². The van der Waals surface area contributed by atoms with E-state index in [-0.39, 0.29) is 37.7 Å². The van der Waals surface area contributed by atoms with Gasteiger partial charge in [0.25, 0.3) is 0 Å². The summed E-state index contributed by atoms with van der Waals surface area (Å²) in [5.41, 5.74) is 0. The molecule has 0 unspecified atom stereocenters. The number of ether oxygens (including phenoxy) is 2. The minimum Gasteiger partial charge on any atom is -0.462 e. The summed E-state index contributed by atoms with van der Waals surface area (Å²) < 4.78 is 10.5. The Morgan fingerprint density at radius 1 is 0.587 bits per heavy atom. The maximum Gasteiger partial charge on any atom is 0.306 e. The van der Waals surface area contributed by atoms with Crippen molar-refractivity contribution in [2.75, 3.05) is 13.2 Å². The smallest absolute Gasteiger partial charge is 0.306 e. The molecule has 0 radical (unpaired) electrons. The number of allylic oxidation sites excluding steroid dienone is 8. The standard InChI is InChI=1S/C40H70O6/c1-3-5-6-7-8-9-10-11-15-18-21-24-27-30-33-39(43)45-36-38(35-41)46-40(44)34-31-28-25-22-19-16-13-12-14-17-20-23-26-29-32-37(42)4-2/h13-14,16-17,22-23,25-26,37-38,41-42H,3-12,15,18-21,24,27-36H2,1-2H3/b16-13-,17-14-,25-22-,26-23-/t37-,38+/m1/s1. The minimum atomic E-state index is -0.807. The Labute approximate surface area is 282 Å². The van der Waals surface area contributed by atoms with Gasteiger partial charge in [-0.15, -0.1) is 0 Å². The molecule has 0 aliphatic heterocycles. The SMILES string of the molecule is CCCCCCCCCCCCCCCCC(=O)OC[C@H](CO)OC(=O)CCC/C=C\C/C=C\C/C=C\C/C=C\CC[C@H](O)CC. The number of carbonyl (C=O) groups is 2. The third-order valence-corrected chi connectivity index (χ3v) is 8.04. The summed E-state index contributed by atoms with van der Waals surface area (Å²) in [6.45, 7) is 3.80. The molecular formula is C40H70O6. The van der Waals surface area contributed by atoms with Crippen molar-refractivity contribution < 1.29 is 29.3 Å². The molecule has 2 atom stereocenters. The molecule has 0 saturated carbocycles. The Hall–Kier alpha value is -2.18. The zero-order chi connectivity index (χ0) is 33.8. The highest BCUT2D eigenvalue weighted by Gasteiger charge is 2.15. The highest BCUT2D eigenvalue weighted by Crippen LogP contribution is 2.14. The van der Waals surface area contributed by atoms with Crippen LogP contribution in [-0.2, 0) is 19.1 Å². The summed E-state index contributed by atoms with van der Waals surface area (Å²) in [6.07, 6.45) is 41.1. The van der Waals surface area contributed by atoms with E-state index in [2.05, 4.69) is 55.5 Å². The van der Waals surface area contributed by atoms with Crippen LogP contribution in [0, 0.1) is 0 Å². The number of aliphatic hydroxyl groups excluding tert-OH is 2. The van der Waals surface area contributed by atoms with Gasteiger partial charge in [0.15, 0.2) is 6.10 Å². The second-order valence-electron chi connectivity index (χ2n) is 12.4. The fourth-order valence-corrected chi connectivity index (χ4v) is 5.00. The first kappa shape index (κ1) is 43.8. The van der Waals surface area contributed by atoms with Crippen LogP contribution in [0.4, 0.5) is 0 Å². The minimum absolute atomic E-state index is 0.0954. The van der Waals surface area contributed by atoms with Crippen LogP contribution in [0.1, 0.15) is 168 Å². The number of hydrogen-bond acceptors (Lipinski definition) is 6. The highest BCUT2D eigenvalue weighted by molar-refractivity contribution is 5.70. The Kier molecular flexibility index (Phi) is 34.0. The van der Waals surface area contributed by atoms with Crippen molar-refractivity contribution in [3.63, 3.8) is 0 Å². The molecule has 266 valence electrons. The maximum absolute atomic E-state index is 12.1. The molecule has 0 aromatic rings. The maximum atomic E-state index is 12.1. The van der Waals surface area contributed by atoms with Gasteiger partial charge in [0.05, 0.1) is 12.7 Å². The van der Waals surface area contributed by atoms with Gasteiger partial charge >= 0.3 is 11.9 Å². The van der Waals surface area contributed by atoms with Gasteiger partial charge < -0.3 is 19.7 Å². The van der Waals surface area contributed by atoms with Crippen LogP contribution in [0.25, 0.3) is 0 Å². The Morgan fingerprint density at radius 3 is 1.54 bits per heavy atom. The van der Waals surface area contributed by atoms with Gasteiger partial charge in [-0.1, -0.05) is 146 Å². The van der Waals surface area contributed by atoms with Crippen LogP contribution >= 0.6 is 0 Å². The van der Waals surface area contributed by atoms with Crippen LogP contribution in [-0.4, -0.2) is 47.6 Å². The van der Waals surface area contributed by atoms with Crippen LogP contribution in [0.15, 0.2) is 48.6 Å². The molecular weight excluding hydrogens is 576 g/mol. The average Bonchev–Trinajstić information content (AvgIpc) is 3.06. The van der Waals surface area contributed by atoms with Crippen molar-refractivity contribution in [1.29, 1.82) is 0 Å². The first-order chi connectivity index (χ1) is 22.5. The molecule has 0 bridgehead atoms. The molecule has 0 aromatic heterocycles. The lowest BCUT2D eigenvalue weighted by Crippen LogP contribution is -2.28. The van der Waals surface area contributed by atoms with Crippen molar-refractivity contribution in [1.82, 2.24) is 0 Å². The largest absolute Gasteiger partial charge is 0.462 e. The molecule has 0 aromatic carbocycles. The predicted molar refractivity (Wildman–Crippen MR) is 193 cm³/mol. The Morgan fingerprint density at radius 2 is 1.04 bits per heavy atom. The monoisotopic (exact) mass is 647 g/mol. The number of hydrogen-bond donors (Lipinski definition) is 2. The van der Waals surface area contributed by atoms with Crippen molar-refractivity contribution >= 4 is 11.9 Å². The summed E-state index contributed by atoms with van der Waals surface area (Å²) >= 11 is 0. The number of esters is 2. The molecule has 0 fully saturated rings. The molecule has 0 saturated heterocycles. The van der Waals surface area contributed by atoms with E-state index in [1.165, 1.54) is 70.6 Å². The summed E-state index contributed by atoms with van der Waals surface area (Å²) in [7, 11) is 0. The zero-order valence-electron chi connectivity index (χ0n) is 29.7. The van der Waals surface area contributed by atoms with Gasteiger partial charge in [-0.3, -0.25) is 9.59 Å². The van der Waals surface area contributed by atoms with Crippen LogP contribution in [0.5, 0.6) is 0 Å². The molecule has 0 aliphatic carbocycles. The average molecular weight is 647 g/mol. The van der Waals surface area contributed by atoms with Crippen molar-refractivity contribution in [3.05, 3.63) is 48.6 Å². The topological polar surface area (TPSA) is 93.1 Å². The van der Waals surface area contributed by atoms with E-state index < -0.39 is 6.10 Å². The Balaban J connectivity index is 3.69. The molecule has 0 aliphatic rings. The van der Waals surface area contributed by atoms with Gasteiger partial charge in [-0.05, 0) is 57.8 Å². The fraction of sp³-hybridized carbons (Fsp3) is 0.750. The second-order valence-corrected chi connectivity index (χ2v) is 12.4. The van der Waals surface area contributed by atoms with E-state index in [0.29, 0.717) is 12.8 Å². The second kappa shape index (κ2) is 35.7. The molecule has 0 spiro atoms. The zero-order valence-corrected chi connectivity index (χ0v) is 29.7. The number of unbranched alkanes of at least 4 members (excludes halogenated alkanes) is 14. The summed E-state index contributed by atoms with van der Waals surface area (Å²) in [4.78, 5) is 24.2. The van der Waals surface area contributed by atoms with Gasteiger partial charge in [-0.2, -0.15) is 0 Å². The molecule has 0 rings (SSSR count). The van der Waals surface area contributed by atoms with E-state index in [4.69, 9.17) is 9.47 Å². The first-order valence-electron chi connectivity index (χ1n) is 18.8. The number of rotatable bonds is 33. The van der Waals surface area contributed by atoms with E-state index in [0.717, 1.165) is 64.2 Å². The number of aliphatic hydroxyl groups is 2. The molecule has 0 heterocycles. The third-order valence-electron chi connectivity index (χ3n) is 8.04. The van der Waals surface area contributed by atoms with E-state index in [1.54, 1.807) is 0 Å². The number of carbonyl (C=O) groups excluding carboxylic acids is 2. The molecule has 2 N–H and O–H groups in total. The lowest BCUT2D eigenvalue weighted by molar-refractivity contribution is -0.161. The summed E-state index contributed by atoms with van der Waals surface area (Å²) in [6, 6.07) is 0. The van der Waals surface area contributed by atoms with Crippen molar-refractivity contribution in [3.8, 4) is 0 Å². The normalized spacial score (nSPS) is 13.4. The molecule has 0 amide bonds. The summed E-state index contributed by atoms with van der Waals surface area (Å²) in [5, 5.41) is 19.0. The predicted octanol–water partition coefficient (Wildman–Crippen LogP) is 10.4. The third kappa shape index (κ3) is 33.2. The van der Waals surface area contributed by atoms with E-state index in [1.807, 2.05) is 6.92 Å². The molecule has 6 heteroatoms. The van der Waals surface area contributed by atoms with Crippen LogP contribution < -0.4 is 0 Å². The molecule has 46 heavy (non-hydrogen) atoms. The van der Waals surface area contributed by atoms with E-state index in [9.17, 15) is 19.8 Å². The quantitative estimate of drug-likeness (QED) is 0.0419. The highest BCUT2D eigenvalue weighted by atomic mass is 16.6. The lowest BCUT2D eigenvalue weighted by atomic mass is 10.0. The van der Waals surface area contributed by atoms with Crippen molar-refractivity contribution in [2.45, 2.75) is 180 Å². The van der Waals surface area contributed by atoms with Gasteiger partial charge in [0.2, 0.25) is 0 Å². The van der Waals surface area contributed by atoms with Gasteiger partial charge in [-0.25, -0.2) is 0 Å². The lowest BCUT2D eigenvalue weighted by Gasteiger charge is -2.15. The Bertz CT molecular complexity index is 800. The van der Waals surface area contributed by atoms with Crippen LogP contribution in [0.3, 0.4) is 0 Å².